The Morgan fingerprint density at radius 1 is 1.10 bits per heavy atom. The van der Waals surface area contributed by atoms with Crippen molar-refractivity contribution in [3.63, 3.8) is 0 Å². The first-order valence-corrected chi connectivity index (χ1v) is 8.94. The minimum atomic E-state index is -1.11. The number of rotatable bonds is 6. The number of nitrogens with one attached hydrogen (secondary N) is 1. The van der Waals surface area contributed by atoms with Gasteiger partial charge in [-0.05, 0) is 36.4 Å². The summed E-state index contributed by atoms with van der Waals surface area (Å²) in [5.41, 5.74) is 0.659. The van der Waals surface area contributed by atoms with Gasteiger partial charge < -0.3 is 10.4 Å². The molecule has 3 aromatic rings. The highest BCUT2D eigenvalue weighted by Crippen LogP contribution is 2.31. The molecule has 0 saturated carbocycles. The van der Waals surface area contributed by atoms with E-state index in [0.717, 1.165) is 0 Å². The smallest absolute Gasteiger partial charge is 0.335 e. The predicted octanol–water partition coefficient (Wildman–Crippen LogP) is 4.53. The van der Waals surface area contributed by atoms with Crippen molar-refractivity contribution in [3.8, 4) is 0 Å². The second kappa shape index (κ2) is 8.48. The molecule has 0 aliphatic heterocycles. The van der Waals surface area contributed by atoms with Gasteiger partial charge in [0, 0.05) is 5.69 Å². The van der Waals surface area contributed by atoms with E-state index in [1.807, 2.05) is 0 Å². The molecule has 0 unspecified atom stereocenters. The zero-order valence-corrected chi connectivity index (χ0v) is 16.5. The fraction of sp³-hybridized carbons (Fsp3) is 0. The molecule has 0 aliphatic carbocycles. The third-order valence-electron chi connectivity index (χ3n) is 3.74. The van der Waals surface area contributed by atoms with Crippen molar-refractivity contribution in [2.75, 3.05) is 5.32 Å². The SMILES string of the molecule is O=C(O)c1ccc(N/C(=C(\C(Cl)=C(Cl)Cl)[N+](=O)[O-])n2nnc3ccccc32)cc1. The van der Waals surface area contributed by atoms with Gasteiger partial charge in [0.2, 0.25) is 5.82 Å². The highest BCUT2D eigenvalue weighted by molar-refractivity contribution is 6.59. The molecule has 2 aromatic carbocycles. The summed E-state index contributed by atoms with van der Waals surface area (Å²) in [5.74, 6) is -1.30. The van der Waals surface area contributed by atoms with E-state index in [0.29, 0.717) is 16.7 Å². The summed E-state index contributed by atoms with van der Waals surface area (Å²) in [4.78, 5) is 22.1. The van der Waals surface area contributed by atoms with Gasteiger partial charge in [0.1, 0.15) is 10.0 Å². The summed E-state index contributed by atoms with van der Waals surface area (Å²) < 4.78 is 0.667. The number of benzene rings is 2. The Morgan fingerprint density at radius 2 is 1.76 bits per heavy atom. The maximum Gasteiger partial charge on any atom is 0.335 e. The topological polar surface area (TPSA) is 123 Å². The third-order valence-corrected chi connectivity index (χ3v) is 4.68. The first-order valence-electron chi connectivity index (χ1n) is 7.80. The molecule has 0 saturated heterocycles. The lowest BCUT2D eigenvalue weighted by Crippen LogP contribution is -2.16. The van der Waals surface area contributed by atoms with Crippen molar-refractivity contribution in [1.82, 2.24) is 15.0 Å². The number of hydrogen-bond acceptors (Lipinski definition) is 6. The number of hydrogen-bond donors (Lipinski definition) is 2. The number of anilines is 1. The molecule has 12 heteroatoms. The van der Waals surface area contributed by atoms with E-state index in [1.165, 1.54) is 28.9 Å². The van der Waals surface area contributed by atoms with Crippen molar-refractivity contribution in [1.29, 1.82) is 0 Å². The molecule has 3 rings (SSSR count). The number of carbonyl (C=O) groups is 1. The van der Waals surface area contributed by atoms with E-state index in [9.17, 15) is 14.9 Å². The van der Waals surface area contributed by atoms with Gasteiger partial charge in [-0.25, -0.2) is 4.79 Å². The van der Waals surface area contributed by atoms with E-state index in [4.69, 9.17) is 39.9 Å². The normalized spacial score (nSPS) is 11.7. The zero-order chi connectivity index (χ0) is 21.1. The highest BCUT2D eigenvalue weighted by Gasteiger charge is 2.28. The van der Waals surface area contributed by atoms with E-state index < -0.39 is 26.1 Å². The van der Waals surface area contributed by atoms with Gasteiger partial charge in [-0.3, -0.25) is 10.1 Å². The maximum atomic E-state index is 11.8. The van der Waals surface area contributed by atoms with Crippen LogP contribution in [0.4, 0.5) is 5.69 Å². The minimum absolute atomic E-state index is 0.0449. The van der Waals surface area contributed by atoms with Gasteiger partial charge in [-0.15, -0.1) is 5.10 Å². The summed E-state index contributed by atoms with van der Waals surface area (Å²) in [6, 6.07) is 12.3. The molecular formula is C17H10Cl3N5O4. The molecule has 0 aliphatic rings. The van der Waals surface area contributed by atoms with Crippen LogP contribution in [0.15, 0.2) is 63.8 Å². The molecule has 0 bridgehead atoms. The highest BCUT2D eigenvalue weighted by atomic mass is 35.5. The Bertz CT molecular complexity index is 1170. The molecule has 1 aromatic heterocycles. The Balaban J connectivity index is 2.23. The summed E-state index contributed by atoms with van der Waals surface area (Å²) in [6.45, 7) is 0. The molecule has 9 nitrogen and oxygen atoms in total. The third kappa shape index (κ3) is 4.32. The van der Waals surface area contributed by atoms with Gasteiger partial charge in [0.15, 0.2) is 5.03 Å². The molecule has 29 heavy (non-hydrogen) atoms. The average molecular weight is 455 g/mol. The van der Waals surface area contributed by atoms with Crippen LogP contribution in [-0.4, -0.2) is 31.0 Å². The van der Waals surface area contributed by atoms with E-state index in [-0.39, 0.29) is 11.4 Å². The summed E-state index contributed by atoms with van der Waals surface area (Å²) in [5, 5.41) is 31.1. The van der Waals surface area contributed by atoms with Gasteiger partial charge in [0.05, 0.1) is 16.0 Å². The number of fused-ring (bicyclic) bond motifs is 1. The van der Waals surface area contributed by atoms with Crippen LogP contribution in [0, 0.1) is 10.1 Å². The van der Waals surface area contributed by atoms with Crippen molar-refractivity contribution in [2.45, 2.75) is 0 Å². The zero-order valence-electron chi connectivity index (χ0n) is 14.2. The number of para-hydroxylation sites is 1. The predicted molar refractivity (Wildman–Crippen MR) is 109 cm³/mol. The molecule has 0 radical (unpaired) electrons. The van der Waals surface area contributed by atoms with Gasteiger partial charge in [0.25, 0.3) is 0 Å². The van der Waals surface area contributed by atoms with Gasteiger partial charge in [-0.2, -0.15) is 4.68 Å². The van der Waals surface area contributed by atoms with E-state index in [1.54, 1.807) is 24.3 Å². The monoisotopic (exact) mass is 453 g/mol. The number of nitro groups is 1. The fourth-order valence-electron chi connectivity index (χ4n) is 2.44. The molecule has 0 spiro atoms. The number of aromatic carboxylic acids is 1. The average Bonchev–Trinajstić information content (AvgIpc) is 3.11. The van der Waals surface area contributed by atoms with E-state index >= 15 is 0 Å². The largest absolute Gasteiger partial charge is 0.478 e. The molecular weight excluding hydrogens is 445 g/mol. The van der Waals surface area contributed by atoms with E-state index in [2.05, 4.69) is 15.6 Å². The Labute approximate surface area is 177 Å². The Kier molecular flexibility index (Phi) is 6.02. The van der Waals surface area contributed by atoms with Crippen molar-refractivity contribution >= 4 is 63.3 Å². The first-order chi connectivity index (χ1) is 13.8. The summed E-state index contributed by atoms with van der Waals surface area (Å²) in [6.07, 6.45) is 0. The lowest BCUT2D eigenvalue weighted by atomic mass is 10.2. The molecule has 2 N–H and O–H groups in total. The van der Waals surface area contributed by atoms with Crippen molar-refractivity contribution in [3.05, 3.63) is 79.4 Å². The number of carboxylic acids is 1. The molecule has 0 atom stereocenters. The van der Waals surface area contributed by atoms with Crippen LogP contribution < -0.4 is 5.32 Å². The number of halogens is 3. The molecule has 148 valence electrons. The van der Waals surface area contributed by atoms with Crippen LogP contribution in [0.25, 0.3) is 16.9 Å². The van der Waals surface area contributed by atoms with Crippen LogP contribution >= 0.6 is 34.8 Å². The van der Waals surface area contributed by atoms with Crippen molar-refractivity contribution in [2.24, 2.45) is 0 Å². The first kappa shape index (κ1) is 20.6. The fourth-order valence-corrected chi connectivity index (χ4v) is 2.78. The second-order valence-electron chi connectivity index (χ2n) is 5.53. The number of allylic oxidation sites excluding steroid dienone is 1. The van der Waals surface area contributed by atoms with Gasteiger partial charge in [-0.1, -0.05) is 52.1 Å². The van der Waals surface area contributed by atoms with Gasteiger partial charge >= 0.3 is 11.7 Å². The standard InChI is InChI=1S/C17H10Cl3N5O4/c18-13(15(19)20)14(25(28)29)16(21-10-7-5-9(6-8-10)17(26)27)24-12-4-2-1-3-11(12)22-23-24/h1-8,21H,(H,26,27)/b16-14-. The Hall–Kier alpha value is -3.14. The molecule has 0 fully saturated rings. The summed E-state index contributed by atoms with van der Waals surface area (Å²) >= 11 is 17.4. The van der Waals surface area contributed by atoms with Crippen LogP contribution in [0.2, 0.25) is 0 Å². The summed E-state index contributed by atoms with van der Waals surface area (Å²) in [7, 11) is 0. The number of carboxylic acid groups (broad SMARTS) is 1. The van der Waals surface area contributed by atoms with Crippen LogP contribution in [0.5, 0.6) is 0 Å². The molecule has 1 heterocycles. The van der Waals surface area contributed by atoms with Crippen molar-refractivity contribution < 1.29 is 14.8 Å². The maximum absolute atomic E-state index is 11.8. The van der Waals surface area contributed by atoms with Crippen LogP contribution in [-0.2, 0) is 0 Å². The lowest BCUT2D eigenvalue weighted by molar-refractivity contribution is -0.419. The number of aromatic nitrogens is 3. The quantitative estimate of drug-likeness (QED) is 0.318. The second-order valence-corrected chi connectivity index (χ2v) is 6.85. The van der Waals surface area contributed by atoms with Crippen LogP contribution in [0.1, 0.15) is 10.4 Å². The molecule has 0 amide bonds. The minimum Gasteiger partial charge on any atom is -0.478 e. The lowest BCUT2D eigenvalue weighted by Gasteiger charge is -2.12. The Morgan fingerprint density at radius 3 is 2.34 bits per heavy atom. The van der Waals surface area contributed by atoms with Crippen LogP contribution in [0.3, 0.4) is 0 Å². The number of nitrogens with zero attached hydrogens (tertiary/aromatic N) is 4.